The highest BCUT2D eigenvalue weighted by Gasteiger charge is 2.44. The maximum Gasteiger partial charge on any atom is 0.310 e. The number of rotatable bonds is 14. The van der Waals surface area contributed by atoms with Gasteiger partial charge in [-0.05, 0) is 80.5 Å². The SMILES string of the molecule is C=Cc1c(C)c2cc3nc(c(CC(=O)OC)c4nc(cc5[nH]c(cc1[nH]2)c(C)c5CC)C(C)=C4C(=O)SCCCO[C@@H]1O[C@H](CO)[C@@H](O)[C@H](O)[C@H]1O)[C@@H](CCC(=O)OC)[C@@H]3C. The van der Waals surface area contributed by atoms with Gasteiger partial charge in [0, 0.05) is 62.9 Å². The molecule has 6 heterocycles. The van der Waals surface area contributed by atoms with Crippen molar-refractivity contribution in [2.24, 2.45) is 0 Å². The quantitative estimate of drug-likeness (QED) is 0.0918. The van der Waals surface area contributed by atoms with E-state index in [-0.39, 0.29) is 48.1 Å². The number of aliphatic hydroxyl groups is 4. The molecule has 3 aliphatic rings. The zero-order chi connectivity index (χ0) is 44.3. The molecule has 0 aliphatic carbocycles. The molecule has 0 saturated carbocycles. The summed E-state index contributed by atoms with van der Waals surface area (Å²) in [6.07, 6.45) is -3.96. The van der Waals surface area contributed by atoms with Gasteiger partial charge in [0.2, 0.25) is 5.12 Å². The highest BCUT2D eigenvalue weighted by molar-refractivity contribution is 8.14. The number of H-pyrrole nitrogens is 2. The molecule has 0 amide bonds. The van der Waals surface area contributed by atoms with E-state index in [1.807, 2.05) is 39.0 Å². The molecule has 0 unspecified atom stereocenters. The maximum atomic E-state index is 14.5. The first-order valence-electron chi connectivity index (χ1n) is 20.5. The third-order valence-corrected chi connectivity index (χ3v) is 13.0. The van der Waals surface area contributed by atoms with Crippen molar-refractivity contribution in [2.45, 2.75) is 109 Å². The molecule has 6 rings (SSSR count). The van der Waals surface area contributed by atoms with Crippen LogP contribution >= 0.6 is 11.8 Å². The Kier molecular flexibility index (Phi) is 14.7. The van der Waals surface area contributed by atoms with Crippen molar-refractivity contribution < 1.29 is 53.8 Å². The molecule has 6 N–H and O–H groups in total. The van der Waals surface area contributed by atoms with E-state index in [9.17, 15) is 34.8 Å². The molecule has 3 aromatic rings. The molecule has 328 valence electrons. The molecule has 3 aromatic heterocycles. The molecule has 3 aliphatic heterocycles. The zero-order valence-electron chi connectivity index (χ0n) is 35.7. The smallest absolute Gasteiger partial charge is 0.310 e. The fourth-order valence-corrected chi connectivity index (χ4v) is 9.22. The molecule has 16 heteroatoms. The number of aromatic nitrogens is 4. The number of nitrogens with one attached hydrogen (secondary N) is 2. The first-order valence-corrected chi connectivity index (χ1v) is 21.5. The number of hydrogen-bond acceptors (Lipinski definition) is 14. The Morgan fingerprint density at radius 2 is 1.62 bits per heavy atom. The van der Waals surface area contributed by atoms with Gasteiger partial charge in [-0.1, -0.05) is 38.3 Å². The van der Waals surface area contributed by atoms with Crippen molar-refractivity contribution >= 4 is 68.1 Å². The van der Waals surface area contributed by atoms with E-state index in [4.69, 9.17) is 28.9 Å². The highest BCUT2D eigenvalue weighted by atomic mass is 32.2. The predicted octanol–water partition coefficient (Wildman–Crippen LogP) is 5.09. The van der Waals surface area contributed by atoms with Crippen LogP contribution in [0.5, 0.6) is 0 Å². The van der Waals surface area contributed by atoms with Crippen LogP contribution in [0, 0.1) is 13.8 Å². The van der Waals surface area contributed by atoms with Crippen LogP contribution in [-0.2, 0) is 46.2 Å². The summed E-state index contributed by atoms with van der Waals surface area (Å²) in [4.78, 5) is 58.0. The molecule has 1 fully saturated rings. The Morgan fingerprint density at radius 3 is 2.30 bits per heavy atom. The Morgan fingerprint density at radius 1 is 0.918 bits per heavy atom. The second-order valence-electron chi connectivity index (χ2n) is 15.6. The summed E-state index contributed by atoms with van der Waals surface area (Å²) >= 11 is 1.03. The van der Waals surface area contributed by atoms with Crippen molar-refractivity contribution in [3.63, 3.8) is 0 Å². The lowest BCUT2D eigenvalue weighted by molar-refractivity contribution is -0.300. The number of esters is 2. The van der Waals surface area contributed by atoms with Gasteiger partial charge in [0.1, 0.15) is 24.4 Å². The molecule has 0 radical (unpaired) electrons. The molecule has 0 aromatic carbocycles. The molecule has 7 atom stereocenters. The number of carbonyl (C=O) groups is 3. The minimum Gasteiger partial charge on any atom is -0.469 e. The first kappa shape index (κ1) is 45.8. The number of aryl methyl sites for hydroxylation is 3. The van der Waals surface area contributed by atoms with Gasteiger partial charge in [0.15, 0.2) is 6.29 Å². The van der Waals surface area contributed by atoms with Gasteiger partial charge in [0.25, 0.3) is 0 Å². The number of aromatic amines is 2. The largest absolute Gasteiger partial charge is 0.469 e. The lowest BCUT2D eigenvalue weighted by Gasteiger charge is -2.39. The Balaban J connectivity index is 1.51. The number of hydrogen-bond donors (Lipinski definition) is 6. The van der Waals surface area contributed by atoms with Crippen molar-refractivity contribution in [2.75, 3.05) is 33.2 Å². The number of thioether (sulfide) groups is 1. The van der Waals surface area contributed by atoms with E-state index in [0.717, 1.165) is 56.1 Å². The topological polar surface area (TPSA) is 226 Å². The van der Waals surface area contributed by atoms with Crippen LogP contribution in [-0.4, -0.2) is 121 Å². The van der Waals surface area contributed by atoms with Crippen molar-refractivity contribution in [1.82, 2.24) is 19.9 Å². The number of fused-ring (bicyclic) bond motifs is 8. The summed E-state index contributed by atoms with van der Waals surface area (Å²) in [5.41, 5.74) is 10.9. The summed E-state index contributed by atoms with van der Waals surface area (Å²) in [6, 6.07) is 5.99. The second kappa shape index (κ2) is 19.6. The average molecular weight is 861 g/mol. The Bertz CT molecular complexity index is 2380. The van der Waals surface area contributed by atoms with E-state index >= 15 is 0 Å². The van der Waals surface area contributed by atoms with E-state index in [2.05, 4.69) is 36.5 Å². The van der Waals surface area contributed by atoms with Gasteiger partial charge in [-0.15, -0.1) is 0 Å². The normalized spacial score (nSPS) is 22.6. The molecular formula is C45H56N4O11S. The molecule has 1 saturated heterocycles. The minimum atomic E-state index is -1.57. The van der Waals surface area contributed by atoms with E-state index in [0.29, 0.717) is 58.7 Å². The lowest BCUT2D eigenvalue weighted by atomic mass is 9.84. The summed E-state index contributed by atoms with van der Waals surface area (Å²) in [6.45, 7) is 13.6. The van der Waals surface area contributed by atoms with Crippen LogP contribution in [0.4, 0.5) is 0 Å². The van der Waals surface area contributed by atoms with Crippen molar-refractivity contribution in [3.05, 3.63) is 75.4 Å². The number of methoxy groups -OCH3 is 2. The Labute approximate surface area is 358 Å². The lowest BCUT2D eigenvalue weighted by Crippen LogP contribution is -2.59. The fraction of sp³-hybridized carbons (Fsp3) is 0.489. The number of aliphatic hydroxyl groups excluding tert-OH is 4. The summed E-state index contributed by atoms with van der Waals surface area (Å²) in [5.74, 6) is -1.25. The van der Waals surface area contributed by atoms with Gasteiger partial charge in [-0.2, -0.15) is 0 Å². The standard InChI is InChI=1S/C45H56N4O11S/c1-9-25-21(3)29-17-31-23(5)27(12-13-36(51)57-7)39(48-31)28(16-37(52)58-8)40-38(44(56)61-15-11-14-59-45-43(55)42(54)41(53)35(20-50)60-45)24(6)32(49-40)19-34-26(10-2)22(4)30(47-34)18-33(25)46-29/h9,17-19,23,27,35,41-43,45-47,50,53-55H,1,10-16,20H2,2-8H3/t23-,27-,35+,41+,42-,43+,45+/m0/s1. The van der Waals surface area contributed by atoms with Crippen LogP contribution in [0.25, 0.3) is 39.3 Å². The van der Waals surface area contributed by atoms with Crippen molar-refractivity contribution in [1.29, 1.82) is 0 Å². The molecule has 0 spiro atoms. The molecule has 8 bridgehead atoms. The van der Waals surface area contributed by atoms with Crippen LogP contribution in [0.2, 0.25) is 0 Å². The number of carbonyl (C=O) groups excluding carboxylic acids is 3. The van der Waals surface area contributed by atoms with Gasteiger partial charge >= 0.3 is 11.9 Å². The minimum absolute atomic E-state index is 0.0276. The predicted molar refractivity (Wildman–Crippen MR) is 232 cm³/mol. The monoisotopic (exact) mass is 860 g/mol. The van der Waals surface area contributed by atoms with Crippen LogP contribution < -0.4 is 0 Å². The molecule has 15 nitrogen and oxygen atoms in total. The Hall–Kier alpha value is -4.68. The average Bonchev–Trinajstić information content (AvgIpc) is 3.93. The summed E-state index contributed by atoms with van der Waals surface area (Å²) in [5, 5.41) is 39.9. The summed E-state index contributed by atoms with van der Waals surface area (Å²) < 4.78 is 21.4. The summed E-state index contributed by atoms with van der Waals surface area (Å²) in [7, 11) is 2.64. The van der Waals surface area contributed by atoms with Crippen LogP contribution in [0.1, 0.15) is 102 Å². The second-order valence-corrected chi connectivity index (χ2v) is 16.7. The van der Waals surface area contributed by atoms with Gasteiger partial charge in [0.05, 0.1) is 56.5 Å². The first-order chi connectivity index (χ1) is 29.2. The van der Waals surface area contributed by atoms with Gasteiger partial charge in [-0.25, -0.2) is 4.98 Å². The maximum absolute atomic E-state index is 14.5. The van der Waals surface area contributed by atoms with Crippen LogP contribution in [0.3, 0.4) is 0 Å². The van der Waals surface area contributed by atoms with Crippen LogP contribution in [0.15, 0.2) is 24.8 Å². The highest BCUT2D eigenvalue weighted by Crippen LogP contribution is 2.44. The van der Waals surface area contributed by atoms with Crippen molar-refractivity contribution in [3.8, 4) is 0 Å². The molecular weight excluding hydrogens is 805 g/mol. The number of allylic oxidation sites excluding steroid dienone is 1. The third kappa shape index (κ3) is 9.26. The zero-order valence-corrected chi connectivity index (χ0v) is 36.5. The van der Waals surface area contributed by atoms with Gasteiger partial charge < -0.3 is 49.3 Å². The fourth-order valence-electron chi connectivity index (χ4n) is 8.38. The van der Waals surface area contributed by atoms with E-state index in [1.54, 1.807) is 0 Å². The number of ether oxygens (including phenoxy) is 4. The van der Waals surface area contributed by atoms with Gasteiger partial charge in [-0.3, -0.25) is 19.4 Å². The molecule has 61 heavy (non-hydrogen) atoms. The number of nitrogens with zero attached hydrogens (tertiary/aromatic N) is 2. The van der Waals surface area contributed by atoms with E-state index < -0.39 is 43.3 Å². The van der Waals surface area contributed by atoms with E-state index in [1.165, 1.54) is 14.2 Å². The third-order valence-electron chi connectivity index (χ3n) is 12.0.